The molecule has 0 radical (unpaired) electrons. The van der Waals surface area contributed by atoms with E-state index in [9.17, 15) is 0 Å². The van der Waals surface area contributed by atoms with E-state index in [1.807, 2.05) is 0 Å². The van der Waals surface area contributed by atoms with Gasteiger partial charge >= 0.3 is 0 Å². The molecule has 0 aliphatic heterocycles. The van der Waals surface area contributed by atoms with Crippen LogP contribution in [0.2, 0.25) is 36.3 Å². The average Bonchev–Trinajstić information content (AvgIpc) is 2.30. The van der Waals surface area contributed by atoms with Gasteiger partial charge in [0.2, 0.25) is 0 Å². The van der Waals surface area contributed by atoms with Crippen molar-refractivity contribution in [3.05, 3.63) is 11.1 Å². The van der Waals surface area contributed by atoms with Crippen molar-refractivity contribution in [2.24, 2.45) is 0 Å². The summed E-state index contributed by atoms with van der Waals surface area (Å²) in [6.45, 7) is 25.3. The Hall–Kier alpha value is -0.706. The smallest absolute Gasteiger partial charge is 0.126 e. The lowest BCUT2D eigenvalue weighted by Crippen LogP contribution is -2.43. The first kappa shape index (κ1) is 21.3. The van der Waals surface area contributed by atoms with Crippen LogP contribution < -0.4 is 0 Å². The molecule has 0 atom stereocenters. The summed E-state index contributed by atoms with van der Waals surface area (Å²) in [5.74, 6) is 6.91. The zero-order valence-electron chi connectivity index (χ0n) is 16.7. The van der Waals surface area contributed by atoms with Crippen LogP contribution in [-0.2, 0) is 0 Å². The van der Waals surface area contributed by atoms with Gasteiger partial charge in [-0.2, -0.15) is 0 Å². The third-order valence-corrected chi connectivity index (χ3v) is 11.5. The van der Waals surface area contributed by atoms with Crippen molar-refractivity contribution >= 4 is 16.1 Å². The highest BCUT2D eigenvalue weighted by atomic mass is 28.3. The standard InChI is InChI=1S/C20H36Si2/c1-16(2)20(12-14-21(9,10)11)13-15-22(17(3)4,18(5)6)19(7)8/h17-19H,1-11H3. The van der Waals surface area contributed by atoms with E-state index < -0.39 is 16.1 Å². The van der Waals surface area contributed by atoms with Gasteiger partial charge in [0, 0.05) is 0 Å². The molecule has 0 heterocycles. The van der Waals surface area contributed by atoms with Crippen LogP contribution in [-0.4, -0.2) is 16.1 Å². The summed E-state index contributed by atoms with van der Waals surface area (Å²) in [6, 6.07) is 0. The van der Waals surface area contributed by atoms with Crippen LogP contribution in [0.4, 0.5) is 0 Å². The molecule has 0 nitrogen and oxygen atoms in total. The molecule has 124 valence electrons. The van der Waals surface area contributed by atoms with E-state index in [4.69, 9.17) is 0 Å². The van der Waals surface area contributed by atoms with Gasteiger partial charge in [0.05, 0.1) is 5.57 Å². The molecule has 0 saturated carbocycles. The van der Waals surface area contributed by atoms with Crippen LogP contribution in [0.5, 0.6) is 0 Å². The molecule has 0 aliphatic rings. The van der Waals surface area contributed by atoms with E-state index >= 15 is 0 Å². The second kappa shape index (κ2) is 8.23. The van der Waals surface area contributed by atoms with Gasteiger partial charge in [-0.15, -0.1) is 11.1 Å². The fourth-order valence-corrected chi connectivity index (χ4v) is 8.84. The van der Waals surface area contributed by atoms with Crippen LogP contribution in [0.3, 0.4) is 0 Å². The Morgan fingerprint density at radius 3 is 1.32 bits per heavy atom. The average molecular weight is 333 g/mol. The zero-order chi connectivity index (χ0) is 17.7. The van der Waals surface area contributed by atoms with Gasteiger partial charge in [-0.1, -0.05) is 78.6 Å². The maximum Gasteiger partial charge on any atom is 0.146 e. The lowest BCUT2D eigenvalue weighted by atomic mass is 10.2. The molecule has 0 fully saturated rings. The first-order valence-corrected chi connectivity index (χ1v) is 14.3. The summed E-state index contributed by atoms with van der Waals surface area (Å²) in [7, 11) is -3.02. The number of rotatable bonds is 3. The van der Waals surface area contributed by atoms with E-state index in [1.54, 1.807) is 0 Å². The zero-order valence-corrected chi connectivity index (χ0v) is 18.7. The molecule has 22 heavy (non-hydrogen) atoms. The predicted octanol–water partition coefficient (Wildman–Crippen LogP) is 6.43. The van der Waals surface area contributed by atoms with Gasteiger partial charge in [0.25, 0.3) is 0 Å². The summed E-state index contributed by atoms with van der Waals surface area (Å²) in [5, 5.41) is 0. The molecule has 0 unspecified atom stereocenters. The van der Waals surface area contributed by atoms with E-state index in [0.717, 1.165) is 5.57 Å². The van der Waals surface area contributed by atoms with E-state index in [0.29, 0.717) is 16.6 Å². The normalized spacial score (nSPS) is 11.9. The third kappa shape index (κ3) is 5.83. The van der Waals surface area contributed by atoms with Crippen molar-refractivity contribution in [1.29, 1.82) is 0 Å². The van der Waals surface area contributed by atoms with Crippen molar-refractivity contribution < 1.29 is 0 Å². The highest BCUT2D eigenvalue weighted by molar-refractivity contribution is 6.90. The Bertz CT molecular complexity index is 494. The minimum atomic E-state index is -1.66. The van der Waals surface area contributed by atoms with Crippen molar-refractivity contribution in [3.63, 3.8) is 0 Å². The van der Waals surface area contributed by atoms with Crippen LogP contribution in [0.1, 0.15) is 55.4 Å². The molecule has 0 spiro atoms. The first-order chi connectivity index (χ1) is 9.84. The van der Waals surface area contributed by atoms with Gasteiger partial charge in [-0.3, -0.25) is 0 Å². The van der Waals surface area contributed by atoms with Gasteiger partial charge in [-0.05, 0) is 30.5 Å². The van der Waals surface area contributed by atoms with Gasteiger partial charge < -0.3 is 0 Å². The van der Waals surface area contributed by atoms with Crippen molar-refractivity contribution in [3.8, 4) is 22.9 Å². The lowest BCUT2D eigenvalue weighted by Gasteiger charge is -2.38. The minimum Gasteiger partial charge on any atom is -0.126 e. The van der Waals surface area contributed by atoms with Crippen LogP contribution in [0, 0.1) is 22.9 Å². The summed E-state index contributed by atoms with van der Waals surface area (Å²) in [6.07, 6.45) is 0. The summed E-state index contributed by atoms with van der Waals surface area (Å²) < 4.78 is 0. The molecule has 0 aromatic heterocycles. The SMILES string of the molecule is CC(C)=C(C#C[Si](C)(C)C)C#C[Si](C(C)C)(C(C)C)C(C)C. The molecular formula is C20H36Si2. The van der Waals surface area contributed by atoms with Gasteiger partial charge in [0.15, 0.2) is 0 Å². The minimum absolute atomic E-state index is 0.670. The molecule has 0 aliphatic carbocycles. The molecule has 0 amide bonds. The van der Waals surface area contributed by atoms with Crippen molar-refractivity contribution in [2.45, 2.75) is 91.7 Å². The van der Waals surface area contributed by atoms with E-state index in [1.165, 1.54) is 5.57 Å². The van der Waals surface area contributed by atoms with Crippen LogP contribution in [0.15, 0.2) is 11.1 Å². The van der Waals surface area contributed by atoms with Crippen molar-refractivity contribution in [2.75, 3.05) is 0 Å². The first-order valence-electron chi connectivity index (χ1n) is 8.58. The summed E-state index contributed by atoms with van der Waals surface area (Å²) >= 11 is 0. The predicted molar refractivity (Wildman–Crippen MR) is 108 cm³/mol. The second-order valence-corrected chi connectivity index (χ2v) is 18.9. The number of allylic oxidation sites excluding steroid dienone is 2. The maximum atomic E-state index is 3.79. The van der Waals surface area contributed by atoms with Gasteiger partial charge in [0.1, 0.15) is 16.1 Å². The Labute approximate surface area is 142 Å². The Balaban J connectivity index is 5.97. The quantitative estimate of drug-likeness (QED) is 0.413. The maximum absolute atomic E-state index is 3.79. The van der Waals surface area contributed by atoms with Gasteiger partial charge in [-0.25, -0.2) is 0 Å². The Kier molecular flexibility index (Phi) is 7.97. The summed E-state index contributed by atoms with van der Waals surface area (Å²) in [4.78, 5) is 0. The molecule has 2 heteroatoms. The van der Waals surface area contributed by atoms with E-state index in [2.05, 4.69) is 98.0 Å². The highest BCUT2D eigenvalue weighted by Gasteiger charge is 2.41. The van der Waals surface area contributed by atoms with Crippen LogP contribution in [0.25, 0.3) is 0 Å². The third-order valence-electron chi connectivity index (χ3n) is 4.33. The monoisotopic (exact) mass is 332 g/mol. The number of hydrogen-bond donors (Lipinski definition) is 0. The lowest BCUT2D eigenvalue weighted by molar-refractivity contribution is 0.838. The molecule has 0 aromatic carbocycles. The van der Waals surface area contributed by atoms with E-state index in [-0.39, 0.29) is 0 Å². The number of hydrogen-bond acceptors (Lipinski definition) is 0. The fraction of sp³-hybridized carbons (Fsp3) is 0.700. The van der Waals surface area contributed by atoms with Crippen LogP contribution >= 0.6 is 0 Å². The molecule has 0 saturated heterocycles. The Morgan fingerprint density at radius 2 is 1.05 bits per heavy atom. The highest BCUT2D eigenvalue weighted by Crippen LogP contribution is 2.40. The fourth-order valence-electron chi connectivity index (χ4n) is 3.14. The Morgan fingerprint density at radius 1 is 0.682 bits per heavy atom. The van der Waals surface area contributed by atoms with Crippen molar-refractivity contribution in [1.82, 2.24) is 0 Å². The molecule has 0 aromatic rings. The molecule has 0 N–H and O–H groups in total. The topological polar surface area (TPSA) is 0 Å². The largest absolute Gasteiger partial charge is 0.146 e. The second-order valence-electron chi connectivity index (χ2n) is 8.52. The molecule has 0 rings (SSSR count). The summed E-state index contributed by atoms with van der Waals surface area (Å²) in [5.41, 5.74) is 11.6. The molecule has 0 bridgehead atoms. The molecular weight excluding hydrogens is 296 g/mol.